The molecular formula is C18H22N2O4. The van der Waals surface area contributed by atoms with Crippen molar-refractivity contribution in [3.8, 4) is 0 Å². The summed E-state index contributed by atoms with van der Waals surface area (Å²) in [6, 6.07) is 1.92. The van der Waals surface area contributed by atoms with Crippen LogP contribution in [0.5, 0.6) is 0 Å². The number of anilines is 1. The van der Waals surface area contributed by atoms with E-state index in [1.807, 2.05) is 26.8 Å². The highest BCUT2D eigenvalue weighted by Crippen LogP contribution is 2.43. The topological polar surface area (TPSA) is 77.5 Å². The maximum Gasteiger partial charge on any atom is 0.331 e. The number of hydrogen-bond donors (Lipinski definition) is 1. The van der Waals surface area contributed by atoms with Crippen LogP contribution in [0.1, 0.15) is 44.7 Å². The molecule has 24 heavy (non-hydrogen) atoms. The second-order valence-electron chi connectivity index (χ2n) is 7.18. The fourth-order valence-corrected chi connectivity index (χ4v) is 3.10. The van der Waals surface area contributed by atoms with Gasteiger partial charge in [-0.1, -0.05) is 0 Å². The molecule has 0 atom stereocenters. The standard InChI is InChI=1S/C18H22N2O4/c1-17(2,3)24-14(21)5-4-12-10-13-15(19-11-12)20-16(22)18(13)6-8-23-9-7-18/h4-5,10-11H,6-9H2,1-3H3,(H,19,20,22)/b5-4+. The molecule has 0 aromatic carbocycles. The third-order valence-corrected chi connectivity index (χ3v) is 4.26. The minimum Gasteiger partial charge on any atom is -0.457 e. The van der Waals surface area contributed by atoms with E-state index in [1.54, 1.807) is 12.3 Å². The number of hydrogen-bond acceptors (Lipinski definition) is 5. The summed E-state index contributed by atoms with van der Waals surface area (Å²) in [6.07, 6.45) is 5.98. The van der Waals surface area contributed by atoms with Gasteiger partial charge in [0.1, 0.15) is 11.4 Å². The Labute approximate surface area is 141 Å². The zero-order chi connectivity index (χ0) is 17.4. The number of carbonyl (C=O) groups excluding carboxylic acids is 2. The number of nitrogens with one attached hydrogen (secondary N) is 1. The van der Waals surface area contributed by atoms with Crippen LogP contribution in [0.3, 0.4) is 0 Å². The molecule has 3 rings (SSSR count). The van der Waals surface area contributed by atoms with Crippen molar-refractivity contribution >= 4 is 23.8 Å². The molecule has 6 heteroatoms. The zero-order valence-electron chi connectivity index (χ0n) is 14.2. The molecule has 128 valence electrons. The molecule has 1 aromatic heterocycles. The average molecular weight is 330 g/mol. The van der Waals surface area contributed by atoms with E-state index in [9.17, 15) is 9.59 Å². The van der Waals surface area contributed by atoms with Gasteiger partial charge in [-0.25, -0.2) is 9.78 Å². The van der Waals surface area contributed by atoms with Crippen molar-refractivity contribution in [2.45, 2.75) is 44.6 Å². The van der Waals surface area contributed by atoms with Gasteiger partial charge in [-0.05, 0) is 51.3 Å². The van der Waals surface area contributed by atoms with Gasteiger partial charge in [0.25, 0.3) is 0 Å². The molecule has 3 heterocycles. The average Bonchev–Trinajstić information content (AvgIpc) is 2.77. The van der Waals surface area contributed by atoms with Gasteiger partial charge in [0.05, 0.1) is 5.41 Å². The number of pyridine rings is 1. The fraction of sp³-hybridized carbons (Fsp3) is 0.500. The van der Waals surface area contributed by atoms with Crippen LogP contribution < -0.4 is 5.32 Å². The van der Waals surface area contributed by atoms with Crippen LogP contribution in [-0.2, 0) is 24.5 Å². The summed E-state index contributed by atoms with van der Waals surface area (Å²) in [5, 5.41) is 2.86. The Morgan fingerprint density at radius 1 is 1.38 bits per heavy atom. The number of esters is 1. The molecule has 1 saturated heterocycles. The second kappa shape index (κ2) is 6.02. The Bertz CT molecular complexity index is 697. The molecule has 2 aliphatic heterocycles. The molecule has 0 unspecified atom stereocenters. The lowest BCUT2D eigenvalue weighted by atomic mass is 9.75. The lowest BCUT2D eigenvalue weighted by Crippen LogP contribution is -2.40. The van der Waals surface area contributed by atoms with Crippen molar-refractivity contribution < 1.29 is 19.1 Å². The summed E-state index contributed by atoms with van der Waals surface area (Å²) < 4.78 is 10.6. The minimum atomic E-state index is -0.559. The molecule has 1 spiro atoms. The number of nitrogens with zero attached hydrogens (tertiary/aromatic N) is 1. The van der Waals surface area contributed by atoms with Crippen molar-refractivity contribution in [3.63, 3.8) is 0 Å². The highest BCUT2D eigenvalue weighted by Gasteiger charge is 2.48. The predicted molar refractivity (Wildman–Crippen MR) is 89.5 cm³/mol. The van der Waals surface area contributed by atoms with E-state index < -0.39 is 17.0 Å². The summed E-state index contributed by atoms with van der Waals surface area (Å²) in [4.78, 5) is 28.6. The van der Waals surface area contributed by atoms with Crippen LogP contribution in [0.25, 0.3) is 6.08 Å². The summed E-state index contributed by atoms with van der Waals surface area (Å²) in [6.45, 7) is 6.58. The summed E-state index contributed by atoms with van der Waals surface area (Å²) in [7, 11) is 0. The predicted octanol–water partition coefficient (Wildman–Crippen LogP) is 2.44. The van der Waals surface area contributed by atoms with Crippen LogP contribution >= 0.6 is 0 Å². The van der Waals surface area contributed by atoms with Crippen LogP contribution in [0.4, 0.5) is 5.82 Å². The van der Waals surface area contributed by atoms with E-state index in [1.165, 1.54) is 6.08 Å². The maximum atomic E-state index is 12.4. The van der Waals surface area contributed by atoms with Crippen LogP contribution in [-0.4, -0.2) is 35.7 Å². The van der Waals surface area contributed by atoms with Crippen LogP contribution in [0.2, 0.25) is 0 Å². The number of rotatable bonds is 2. The number of carbonyl (C=O) groups is 2. The lowest BCUT2D eigenvalue weighted by molar-refractivity contribution is -0.148. The Balaban J connectivity index is 1.84. The molecular weight excluding hydrogens is 308 g/mol. The van der Waals surface area contributed by atoms with Crippen molar-refractivity contribution in [2.24, 2.45) is 0 Å². The minimum absolute atomic E-state index is 0.0124. The van der Waals surface area contributed by atoms with Crippen molar-refractivity contribution in [3.05, 3.63) is 29.5 Å². The van der Waals surface area contributed by atoms with E-state index in [2.05, 4.69) is 10.3 Å². The highest BCUT2D eigenvalue weighted by molar-refractivity contribution is 6.05. The lowest BCUT2D eigenvalue weighted by Gasteiger charge is -2.31. The Morgan fingerprint density at radius 3 is 2.75 bits per heavy atom. The molecule has 2 aliphatic rings. The van der Waals surface area contributed by atoms with E-state index in [0.717, 1.165) is 11.1 Å². The van der Waals surface area contributed by atoms with Gasteiger partial charge < -0.3 is 14.8 Å². The Morgan fingerprint density at radius 2 is 2.08 bits per heavy atom. The summed E-state index contributed by atoms with van der Waals surface area (Å²) in [5.41, 5.74) is 0.570. The maximum absolute atomic E-state index is 12.4. The van der Waals surface area contributed by atoms with Gasteiger partial charge in [0, 0.05) is 31.1 Å². The molecule has 1 aromatic rings. The van der Waals surface area contributed by atoms with Crippen LogP contribution in [0.15, 0.2) is 18.3 Å². The van der Waals surface area contributed by atoms with Crippen LogP contribution in [0, 0.1) is 0 Å². The quantitative estimate of drug-likeness (QED) is 0.666. The zero-order valence-corrected chi connectivity index (χ0v) is 14.2. The van der Waals surface area contributed by atoms with Gasteiger partial charge in [-0.3, -0.25) is 4.79 Å². The normalized spacial score (nSPS) is 19.4. The Kier molecular flexibility index (Phi) is 4.17. The fourth-order valence-electron chi connectivity index (χ4n) is 3.10. The molecule has 1 N–H and O–H groups in total. The smallest absolute Gasteiger partial charge is 0.331 e. The first-order valence-electron chi connectivity index (χ1n) is 8.11. The molecule has 1 amide bonds. The first kappa shape index (κ1) is 16.6. The molecule has 0 bridgehead atoms. The largest absolute Gasteiger partial charge is 0.457 e. The first-order valence-corrected chi connectivity index (χ1v) is 8.11. The number of fused-ring (bicyclic) bond motifs is 2. The molecule has 0 radical (unpaired) electrons. The third-order valence-electron chi connectivity index (χ3n) is 4.26. The van der Waals surface area contributed by atoms with Crippen molar-refractivity contribution in [1.29, 1.82) is 0 Å². The van der Waals surface area contributed by atoms with Gasteiger partial charge in [-0.2, -0.15) is 0 Å². The van der Waals surface area contributed by atoms with Gasteiger partial charge in [0.15, 0.2) is 0 Å². The van der Waals surface area contributed by atoms with Gasteiger partial charge in [-0.15, -0.1) is 0 Å². The van der Waals surface area contributed by atoms with E-state index in [0.29, 0.717) is 31.9 Å². The SMILES string of the molecule is CC(C)(C)OC(=O)/C=C/c1cnc2c(c1)C1(CCOCC1)C(=O)N2. The van der Waals surface area contributed by atoms with E-state index in [-0.39, 0.29) is 5.91 Å². The first-order chi connectivity index (χ1) is 11.3. The number of amides is 1. The molecule has 6 nitrogen and oxygen atoms in total. The summed E-state index contributed by atoms with van der Waals surface area (Å²) >= 11 is 0. The van der Waals surface area contributed by atoms with Gasteiger partial charge >= 0.3 is 5.97 Å². The monoisotopic (exact) mass is 330 g/mol. The Hall–Kier alpha value is -2.21. The van der Waals surface area contributed by atoms with E-state index >= 15 is 0 Å². The third kappa shape index (κ3) is 3.19. The molecule has 0 aliphatic carbocycles. The number of ether oxygens (including phenoxy) is 2. The number of aromatic nitrogens is 1. The molecule has 0 saturated carbocycles. The second-order valence-corrected chi connectivity index (χ2v) is 7.18. The van der Waals surface area contributed by atoms with Crippen molar-refractivity contribution in [1.82, 2.24) is 4.98 Å². The van der Waals surface area contributed by atoms with E-state index in [4.69, 9.17) is 9.47 Å². The summed E-state index contributed by atoms with van der Waals surface area (Å²) in [5.74, 6) is 0.191. The highest BCUT2D eigenvalue weighted by atomic mass is 16.6. The molecule has 1 fully saturated rings. The van der Waals surface area contributed by atoms with Crippen molar-refractivity contribution in [2.75, 3.05) is 18.5 Å². The van der Waals surface area contributed by atoms with Gasteiger partial charge in [0.2, 0.25) is 5.91 Å².